The van der Waals surface area contributed by atoms with Crippen LogP contribution in [0.1, 0.15) is 24.0 Å². The quantitative estimate of drug-likeness (QED) is 0.214. The molecular weight excluding hydrogens is 694 g/mol. The van der Waals surface area contributed by atoms with Gasteiger partial charge >= 0.3 is 0 Å². The van der Waals surface area contributed by atoms with Crippen LogP contribution >= 0.6 is 70.8 Å². The van der Waals surface area contributed by atoms with E-state index in [0.29, 0.717) is 59.0 Å². The number of hydrogen-bond acceptors (Lipinski definition) is 8. The molecule has 0 radical (unpaired) electrons. The Kier molecular flexibility index (Phi) is 9.68. The maximum absolute atomic E-state index is 12.7. The van der Waals surface area contributed by atoms with Gasteiger partial charge in [0.1, 0.15) is 12.8 Å². The summed E-state index contributed by atoms with van der Waals surface area (Å²) in [5, 5.41) is 16.9. The molecule has 0 saturated carbocycles. The van der Waals surface area contributed by atoms with Gasteiger partial charge in [0.05, 0.1) is 10.0 Å². The van der Waals surface area contributed by atoms with Crippen molar-refractivity contribution in [2.24, 2.45) is 10.2 Å². The molecule has 44 heavy (non-hydrogen) atoms. The minimum atomic E-state index is -0.596. The number of piperazine rings is 1. The number of thiocarbonyl (C=S) groups is 2. The molecule has 0 aromatic heterocycles. The highest BCUT2D eigenvalue weighted by molar-refractivity contribution is 7.80. The van der Waals surface area contributed by atoms with Crippen LogP contribution in [0.2, 0.25) is 20.1 Å². The van der Waals surface area contributed by atoms with Crippen molar-refractivity contribution in [3.05, 3.63) is 67.6 Å². The van der Waals surface area contributed by atoms with Gasteiger partial charge in [-0.15, -0.1) is 10.2 Å². The maximum atomic E-state index is 12.7. The SMILES string of the molecule is O=C1CC(=O)N(N=C(c2ccc(Cl)cc2Cl)N2CCN(C(=NN3C(=O)CC(=O)NC3=S)c3ccc(Cl)cc3Cl)CC2)C(=S)N1. The number of amides is 4. The summed E-state index contributed by atoms with van der Waals surface area (Å²) in [5.41, 5.74) is 0.957. The molecule has 0 atom stereocenters. The van der Waals surface area contributed by atoms with E-state index in [9.17, 15) is 19.2 Å². The zero-order valence-corrected chi connectivity index (χ0v) is 27.0. The van der Waals surface area contributed by atoms with Crippen LogP contribution in [0.25, 0.3) is 0 Å². The van der Waals surface area contributed by atoms with E-state index in [1.807, 2.05) is 9.80 Å². The molecule has 0 spiro atoms. The predicted octanol–water partition coefficient (Wildman–Crippen LogP) is 3.21. The van der Waals surface area contributed by atoms with Crippen LogP contribution in [0, 0.1) is 0 Å². The second kappa shape index (κ2) is 13.3. The lowest BCUT2D eigenvalue weighted by atomic mass is 10.1. The Hall–Kier alpha value is -3.40. The monoisotopic (exact) mass is 712 g/mol. The van der Waals surface area contributed by atoms with Gasteiger partial charge in [0, 0.05) is 47.4 Å². The maximum Gasteiger partial charge on any atom is 0.258 e. The zero-order valence-electron chi connectivity index (χ0n) is 22.4. The molecule has 2 aromatic carbocycles. The van der Waals surface area contributed by atoms with Crippen LogP contribution in [0.3, 0.4) is 0 Å². The Bertz CT molecular complexity index is 1520. The number of hydrogen-bond donors (Lipinski definition) is 2. The van der Waals surface area contributed by atoms with E-state index < -0.39 is 36.5 Å². The Morgan fingerprint density at radius 3 is 1.32 bits per heavy atom. The first-order valence-corrected chi connectivity index (χ1v) is 15.2. The minimum absolute atomic E-state index is 0.159. The lowest BCUT2D eigenvalue weighted by molar-refractivity contribution is -0.136. The number of nitrogens with one attached hydrogen (secondary N) is 2. The van der Waals surface area contributed by atoms with Crippen molar-refractivity contribution in [1.29, 1.82) is 0 Å². The van der Waals surface area contributed by atoms with Crippen molar-refractivity contribution < 1.29 is 19.2 Å². The number of benzene rings is 2. The molecule has 0 aliphatic carbocycles. The molecule has 228 valence electrons. The first-order chi connectivity index (χ1) is 20.9. The van der Waals surface area contributed by atoms with Crippen molar-refractivity contribution in [1.82, 2.24) is 30.5 Å². The summed E-state index contributed by atoms with van der Waals surface area (Å²) in [6.07, 6.45) is -0.837. The molecule has 18 heteroatoms. The molecular formula is C26H20Cl4N8O4S2. The molecule has 0 bridgehead atoms. The summed E-state index contributed by atoms with van der Waals surface area (Å²) in [7, 11) is 0. The minimum Gasteiger partial charge on any atom is -0.351 e. The Balaban J connectivity index is 1.48. The third-order valence-electron chi connectivity index (χ3n) is 6.59. The largest absolute Gasteiger partial charge is 0.351 e. The number of amidine groups is 2. The van der Waals surface area contributed by atoms with Gasteiger partial charge in [0.2, 0.25) is 22.0 Å². The molecule has 3 saturated heterocycles. The highest BCUT2D eigenvalue weighted by atomic mass is 35.5. The summed E-state index contributed by atoms with van der Waals surface area (Å²) in [6.45, 7) is 1.33. The summed E-state index contributed by atoms with van der Waals surface area (Å²) >= 11 is 35.8. The van der Waals surface area contributed by atoms with Crippen molar-refractivity contribution in [2.75, 3.05) is 26.2 Å². The average molecular weight is 714 g/mol. The number of nitrogens with zero attached hydrogens (tertiary/aromatic N) is 6. The van der Waals surface area contributed by atoms with Crippen LogP contribution < -0.4 is 10.6 Å². The molecule has 2 N–H and O–H groups in total. The van der Waals surface area contributed by atoms with E-state index in [1.165, 1.54) is 0 Å². The molecule has 5 rings (SSSR count). The van der Waals surface area contributed by atoms with Crippen LogP contribution in [-0.4, -0.2) is 91.5 Å². The summed E-state index contributed by atoms with van der Waals surface area (Å²) in [6, 6.07) is 9.71. The molecule has 2 aromatic rings. The summed E-state index contributed by atoms with van der Waals surface area (Å²) < 4.78 is 0. The van der Waals surface area contributed by atoms with E-state index in [1.54, 1.807) is 36.4 Å². The van der Waals surface area contributed by atoms with Crippen LogP contribution in [0.5, 0.6) is 0 Å². The Morgan fingerprint density at radius 2 is 1.00 bits per heavy atom. The molecule has 12 nitrogen and oxygen atoms in total. The standard InChI is InChI=1S/C26H20Cl4N8O4S2/c27-13-1-3-15(17(29)9-13)23(33-37-21(41)11-19(39)31-25(37)43)35-5-7-36(8-6-35)24(16-4-2-14(28)10-18(16)30)34-38-22(42)12-20(40)32-26(38)44/h1-4,9-10H,5-8,11-12H2,(H,31,39,43)(H,32,40,44). The fourth-order valence-electron chi connectivity index (χ4n) is 4.52. The van der Waals surface area contributed by atoms with Gasteiger partial charge in [-0.2, -0.15) is 10.0 Å². The lowest BCUT2D eigenvalue weighted by Crippen LogP contribution is -2.55. The molecule has 4 amide bonds. The number of rotatable bonds is 4. The molecule has 0 unspecified atom stereocenters. The van der Waals surface area contributed by atoms with E-state index in [-0.39, 0.29) is 20.3 Å². The molecule has 3 heterocycles. The normalized spacial score (nSPS) is 18.6. The smallest absolute Gasteiger partial charge is 0.258 e. The van der Waals surface area contributed by atoms with Gasteiger partial charge in [-0.3, -0.25) is 19.2 Å². The number of carbonyl (C=O) groups excluding carboxylic acids is 4. The van der Waals surface area contributed by atoms with Gasteiger partial charge in [-0.1, -0.05) is 46.4 Å². The number of carbonyl (C=O) groups is 4. The third kappa shape index (κ3) is 6.95. The molecule has 3 aliphatic heterocycles. The zero-order chi connectivity index (χ0) is 31.7. The van der Waals surface area contributed by atoms with Gasteiger partial charge in [-0.05, 0) is 60.8 Å². The summed E-state index contributed by atoms with van der Waals surface area (Å²) in [4.78, 5) is 52.8. The van der Waals surface area contributed by atoms with Gasteiger partial charge in [0.15, 0.2) is 11.7 Å². The lowest BCUT2D eigenvalue weighted by Gasteiger charge is -2.39. The second-order valence-electron chi connectivity index (χ2n) is 9.54. The third-order valence-corrected chi connectivity index (χ3v) is 8.23. The topological polar surface area (TPSA) is 130 Å². The Morgan fingerprint density at radius 1 is 0.636 bits per heavy atom. The van der Waals surface area contributed by atoms with Gasteiger partial charge in [-0.25, -0.2) is 0 Å². The summed E-state index contributed by atoms with van der Waals surface area (Å²) in [5.74, 6) is -1.61. The van der Waals surface area contributed by atoms with Crippen molar-refractivity contribution in [3.63, 3.8) is 0 Å². The van der Waals surface area contributed by atoms with Crippen LogP contribution in [0.4, 0.5) is 0 Å². The van der Waals surface area contributed by atoms with Crippen LogP contribution in [0.15, 0.2) is 46.6 Å². The fraction of sp³-hybridized carbons (Fsp3) is 0.231. The fourth-order valence-corrected chi connectivity index (χ4v) is 6.02. The van der Waals surface area contributed by atoms with E-state index in [2.05, 4.69) is 20.8 Å². The molecule has 3 fully saturated rings. The van der Waals surface area contributed by atoms with Crippen molar-refractivity contribution >= 4 is 116 Å². The van der Waals surface area contributed by atoms with Gasteiger partial charge in [0.25, 0.3) is 11.8 Å². The van der Waals surface area contributed by atoms with E-state index in [4.69, 9.17) is 70.8 Å². The molecule has 3 aliphatic rings. The van der Waals surface area contributed by atoms with Crippen molar-refractivity contribution in [2.45, 2.75) is 12.8 Å². The number of hydrazone groups is 2. The first kappa shape index (κ1) is 32.0. The van der Waals surface area contributed by atoms with E-state index >= 15 is 0 Å². The predicted molar refractivity (Wildman–Crippen MR) is 174 cm³/mol. The number of halogens is 4. The van der Waals surface area contributed by atoms with E-state index in [0.717, 1.165) is 10.0 Å². The second-order valence-corrected chi connectivity index (χ2v) is 12.0. The average Bonchev–Trinajstić information content (AvgIpc) is 2.94. The van der Waals surface area contributed by atoms with Crippen molar-refractivity contribution in [3.8, 4) is 0 Å². The van der Waals surface area contributed by atoms with Crippen LogP contribution in [-0.2, 0) is 19.2 Å². The highest BCUT2D eigenvalue weighted by Gasteiger charge is 2.33. The highest BCUT2D eigenvalue weighted by Crippen LogP contribution is 2.27. The first-order valence-electron chi connectivity index (χ1n) is 12.8. The van der Waals surface area contributed by atoms with Gasteiger partial charge < -0.3 is 20.4 Å². The Labute approximate surface area is 281 Å².